The van der Waals surface area contributed by atoms with E-state index in [0.29, 0.717) is 17.7 Å². The third kappa shape index (κ3) is 3.61. The number of benzodiazepines with no additional fused rings is 1. The van der Waals surface area contributed by atoms with Gasteiger partial charge in [-0.3, -0.25) is 4.79 Å². The second-order valence-corrected chi connectivity index (χ2v) is 6.90. The quantitative estimate of drug-likeness (QED) is 0.751. The van der Waals surface area contributed by atoms with Crippen molar-refractivity contribution in [2.24, 2.45) is 4.99 Å². The Morgan fingerprint density at radius 2 is 1.80 bits per heavy atom. The molecule has 0 bridgehead atoms. The summed E-state index contributed by atoms with van der Waals surface area (Å²) < 4.78 is 19.4. The number of cyclic esters (lactones) is 1. The third-order valence-corrected chi connectivity index (χ3v) is 4.98. The number of ether oxygens (including phenoxy) is 1. The highest BCUT2D eigenvalue weighted by Crippen LogP contribution is 2.28. The summed E-state index contributed by atoms with van der Waals surface area (Å²) in [5, 5.41) is 4.96. The predicted molar refractivity (Wildman–Crippen MR) is 107 cm³/mol. The maximum atomic E-state index is 14.6. The van der Waals surface area contributed by atoms with E-state index in [1.165, 1.54) is 11.0 Å². The zero-order valence-electron chi connectivity index (χ0n) is 16.1. The lowest BCUT2D eigenvalue weighted by Crippen LogP contribution is -2.52. The molecule has 2 aliphatic rings. The zero-order valence-corrected chi connectivity index (χ0v) is 16.1. The number of carbonyl (C=O) groups excluding carboxylic acids is 3. The first-order valence-corrected chi connectivity index (χ1v) is 9.39. The van der Waals surface area contributed by atoms with Crippen LogP contribution in [-0.2, 0) is 14.3 Å². The van der Waals surface area contributed by atoms with E-state index in [9.17, 15) is 18.8 Å². The first-order valence-electron chi connectivity index (χ1n) is 9.39. The molecule has 2 aromatic rings. The van der Waals surface area contributed by atoms with Gasteiger partial charge in [-0.05, 0) is 18.2 Å². The van der Waals surface area contributed by atoms with Crippen LogP contribution in [0.1, 0.15) is 17.5 Å². The van der Waals surface area contributed by atoms with E-state index in [1.807, 2.05) is 0 Å². The molecule has 1 unspecified atom stereocenters. The Bertz CT molecular complexity index is 1050. The molecule has 1 fully saturated rings. The number of aliphatic imine (C=N–C) groups is 1. The predicted octanol–water partition coefficient (Wildman–Crippen LogP) is 1.58. The van der Waals surface area contributed by atoms with E-state index in [1.54, 1.807) is 49.5 Å². The lowest BCUT2D eigenvalue weighted by atomic mass is 10.00. The maximum absolute atomic E-state index is 14.6. The zero-order chi connectivity index (χ0) is 21.3. The number of nitrogens with one attached hydrogen (secondary N) is 2. The van der Waals surface area contributed by atoms with Crippen LogP contribution < -0.4 is 15.5 Å². The van der Waals surface area contributed by atoms with Crippen LogP contribution in [0, 0.1) is 5.82 Å². The van der Waals surface area contributed by atoms with Crippen LogP contribution >= 0.6 is 0 Å². The highest BCUT2D eigenvalue weighted by atomic mass is 19.1. The summed E-state index contributed by atoms with van der Waals surface area (Å²) in [6.45, 7) is 0.222. The molecular weight excluding hydrogens is 391 g/mol. The van der Waals surface area contributed by atoms with Crippen LogP contribution in [-0.4, -0.2) is 49.5 Å². The lowest BCUT2D eigenvalue weighted by molar-refractivity contribution is -0.139. The summed E-state index contributed by atoms with van der Waals surface area (Å²) in [6, 6.07) is 11.5. The molecule has 0 aliphatic carbocycles. The van der Waals surface area contributed by atoms with Gasteiger partial charge in [0.25, 0.3) is 5.91 Å². The fraction of sp³-hybridized carbons (Fsp3) is 0.238. The van der Waals surface area contributed by atoms with Gasteiger partial charge in [-0.15, -0.1) is 0 Å². The molecule has 0 saturated carbocycles. The van der Waals surface area contributed by atoms with E-state index < -0.39 is 35.9 Å². The lowest BCUT2D eigenvalue weighted by Gasteiger charge is -2.21. The molecule has 8 nitrogen and oxygen atoms in total. The molecule has 3 amide bonds. The number of para-hydroxylation sites is 1. The molecule has 1 saturated heterocycles. The van der Waals surface area contributed by atoms with Gasteiger partial charge in [0.15, 0.2) is 0 Å². The van der Waals surface area contributed by atoms with E-state index >= 15 is 0 Å². The topological polar surface area (TPSA) is 100 Å². The van der Waals surface area contributed by atoms with Crippen LogP contribution in [0.3, 0.4) is 0 Å². The third-order valence-electron chi connectivity index (χ3n) is 4.98. The van der Waals surface area contributed by atoms with Crippen LogP contribution in [0.5, 0.6) is 0 Å². The fourth-order valence-corrected chi connectivity index (χ4v) is 3.44. The Morgan fingerprint density at radius 1 is 1.10 bits per heavy atom. The minimum atomic E-state index is -1.31. The number of urea groups is 1. The van der Waals surface area contributed by atoms with Crippen molar-refractivity contribution in [1.82, 2.24) is 10.6 Å². The molecule has 2 N–H and O–H groups in total. The molecule has 30 heavy (non-hydrogen) atoms. The normalized spacial score (nSPS) is 20.7. The summed E-state index contributed by atoms with van der Waals surface area (Å²) in [5.41, 5.74) is 1.54. The standard InChI is InChI=1S/C21H19FN4O4/c1-26-16-9-5-3-7-13(16)17(12-6-2-4-8-14(12)22)24-18(19(26)27)25-21(29)23-15-10-11-30-20(15)28/h2-9,15,18H,10-11H2,1H3,(H2,23,25,29)/t15-,18?/m0/s1. The maximum Gasteiger partial charge on any atom is 0.328 e. The molecule has 0 aromatic heterocycles. The molecule has 2 aromatic carbocycles. The molecule has 9 heteroatoms. The first kappa shape index (κ1) is 19.6. The number of fused-ring (bicyclic) bond motifs is 1. The van der Waals surface area contributed by atoms with Gasteiger partial charge in [0.2, 0.25) is 6.17 Å². The molecule has 0 radical (unpaired) electrons. The minimum Gasteiger partial charge on any atom is -0.464 e. The molecule has 2 atom stereocenters. The first-order chi connectivity index (χ1) is 14.5. The Kier molecular flexibility index (Phi) is 5.18. The highest BCUT2D eigenvalue weighted by Gasteiger charge is 2.33. The van der Waals surface area contributed by atoms with Gasteiger partial charge in [0.1, 0.15) is 11.9 Å². The second kappa shape index (κ2) is 7.94. The SMILES string of the molecule is CN1C(=O)C(NC(=O)N[C@H]2CCOC2=O)N=C(c2ccccc2F)c2ccccc21. The van der Waals surface area contributed by atoms with Crippen molar-refractivity contribution in [1.29, 1.82) is 0 Å². The molecule has 0 spiro atoms. The Hall–Kier alpha value is -3.75. The average molecular weight is 410 g/mol. The van der Waals surface area contributed by atoms with Crippen molar-refractivity contribution in [3.8, 4) is 0 Å². The van der Waals surface area contributed by atoms with E-state index in [-0.39, 0.29) is 17.9 Å². The van der Waals surface area contributed by atoms with Crippen molar-refractivity contribution in [2.75, 3.05) is 18.6 Å². The van der Waals surface area contributed by atoms with Crippen LogP contribution in [0.4, 0.5) is 14.9 Å². The number of amides is 3. The minimum absolute atomic E-state index is 0.208. The summed E-state index contributed by atoms with van der Waals surface area (Å²) in [5.74, 6) is -1.53. The van der Waals surface area contributed by atoms with Gasteiger partial charge in [-0.25, -0.2) is 19.0 Å². The largest absolute Gasteiger partial charge is 0.464 e. The van der Waals surface area contributed by atoms with E-state index in [2.05, 4.69) is 15.6 Å². The molecule has 4 rings (SSSR count). The van der Waals surface area contributed by atoms with Crippen LogP contribution in [0.25, 0.3) is 0 Å². The van der Waals surface area contributed by atoms with E-state index in [4.69, 9.17) is 4.74 Å². The van der Waals surface area contributed by atoms with Crippen LogP contribution in [0.15, 0.2) is 53.5 Å². The molecule has 2 aliphatic heterocycles. The van der Waals surface area contributed by atoms with Gasteiger partial charge in [-0.2, -0.15) is 0 Å². The van der Waals surface area contributed by atoms with Crippen molar-refractivity contribution >= 4 is 29.3 Å². The molecule has 2 heterocycles. The number of nitrogens with zero attached hydrogens (tertiary/aromatic N) is 2. The number of hydrogen-bond donors (Lipinski definition) is 2. The number of likely N-dealkylation sites (N-methyl/N-ethyl adjacent to an activating group) is 1. The summed E-state index contributed by atoms with van der Waals surface area (Å²) >= 11 is 0. The monoisotopic (exact) mass is 410 g/mol. The smallest absolute Gasteiger partial charge is 0.328 e. The number of benzene rings is 2. The number of hydrogen-bond acceptors (Lipinski definition) is 5. The van der Waals surface area contributed by atoms with Gasteiger partial charge in [0, 0.05) is 24.6 Å². The van der Waals surface area contributed by atoms with Crippen molar-refractivity contribution in [3.63, 3.8) is 0 Å². The summed E-state index contributed by atoms with van der Waals surface area (Å²) in [6.07, 6.45) is -0.964. The van der Waals surface area contributed by atoms with Crippen molar-refractivity contribution in [3.05, 3.63) is 65.5 Å². The molecule has 154 valence electrons. The number of halogens is 1. The fourth-order valence-electron chi connectivity index (χ4n) is 3.44. The van der Waals surface area contributed by atoms with E-state index in [0.717, 1.165) is 0 Å². The summed E-state index contributed by atoms with van der Waals surface area (Å²) in [4.78, 5) is 42.8. The Labute approximate surface area is 171 Å². The number of anilines is 1. The van der Waals surface area contributed by atoms with Gasteiger partial charge >= 0.3 is 12.0 Å². The van der Waals surface area contributed by atoms with Gasteiger partial charge < -0.3 is 20.3 Å². The summed E-state index contributed by atoms with van der Waals surface area (Å²) in [7, 11) is 1.56. The van der Waals surface area contributed by atoms with Crippen molar-refractivity contribution < 1.29 is 23.5 Å². The molecular formula is C21H19FN4O4. The van der Waals surface area contributed by atoms with Crippen LogP contribution in [0.2, 0.25) is 0 Å². The number of carbonyl (C=O) groups is 3. The number of esters is 1. The second-order valence-electron chi connectivity index (χ2n) is 6.90. The van der Waals surface area contributed by atoms with Crippen molar-refractivity contribution in [2.45, 2.75) is 18.6 Å². The van der Waals surface area contributed by atoms with Gasteiger partial charge in [-0.1, -0.05) is 30.3 Å². The number of rotatable bonds is 3. The Balaban J connectivity index is 1.71. The Morgan fingerprint density at radius 3 is 2.50 bits per heavy atom. The average Bonchev–Trinajstić information content (AvgIpc) is 3.11. The van der Waals surface area contributed by atoms with Gasteiger partial charge in [0.05, 0.1) is 18.0 Å². The highest BCUT2D eigenvalue weighted by molar-refractivity contribution is 6.20.